The number of hydrogen-bond acceptors (Lipinski definition) is 3. The molecule has 0 bridgehead atoms. The molecule has 0 aromatic heterocycles. The lowest BCUT2D eigenvalue weighted by Crippen LogP contribution is -2.44. The molecule has 4 nitrogen and oxygen atoms in total. The molecule has 0 radical (unpaired) electrons. The molecule has 1 aromatic carbocycles. The summed E-state index contributed by atoms with van der Waals surface area (Å²) in [4.78, 5) is 12.0. The van der Waals surface area contributed by atoms with Crippen LogP contribution in [0.5, 0.6) is 5.75 Å². The molecule has 0 heterocycles. The average Bonchev–Trinajstić information content (AvgIpc) is 2.49. The van der Waals surface area contributed by atoms with Gasteiger partial charge in [-0.2, -0.15) is 0 Å². The lowest BCUT2D eigenvalue weighted by molar-refractivity contribution is -0.128. The van der Waals surface area contributed by atoms with Crippen LogP contribution in [0.4, 0.5) is 4.39 Å². The normalized spacial score (nSPS) is 12.8. The standard InChI is InChI=1S/C16H24FNO3/c1-4-16(5-2,11-19)10-18-15(20)12(3)21-14-8-6-7-13(17)9-14/h6-9,12,19H,4-5,10-11H2,1-3H3,(H,18,20). The average molecular weight is 297 g/mol. The highest BCUT2D eigenvalue weighted by Crippen LogP contribution is 2.24. The van der Waals surface area contributed by atoms with Gasteiger partial charge in [0.05, 0.1) is 6.61 Å². The third-order valence-electron chi connectivity index (χ3n) is 3.95. The van der Waals surface area contributed by atoms with E-state index in [0.29, 0.717) is 12.3 Å². The number of halogens is 1. The van der Waals surface area contributed by atoms with Crippen molar-refractivity contribution in [3.05, 3.63) is 30.1 Å². The monoisotopic (exact) mass is 297 g/mol. The molecule has 0 aliphatic heterocycles. The Labute approximate surface area is 125 Å². The molecule has 1 amide bonds. The van der Waals surface area contributed by atoms with Gasteiger partial charge in [0, 0.05) is 18.0 Å². The molecule has 1 rings (SSSR count). The predicted octanol–water partition coefficient (Wildman–Crippen LogP) is 2.51. The summed E-state index contributed by atoms with van der Waals surface area (Å²) in [5.41, 5.74) is -0.297. The van der Waals surface area contributed by atoms with E-state index in [2.05, 4.69) is 5.32 Å². The van der Waals surface area contributed by atoms with Crippen LogP contribution in [0, 0.1) is 11.2 Å². The van der Waals surface area contributed by atoms with E-state index in [4.69, 9.17) is 4.74 Å². The van der Waals surface area contributed by atoms with Crippen molar-refractivity contribution in [1.82, 2.24) is 5.32 Å². The molecule has 0 aliphatic carbocycles. The van der Waals surface area contributed by atoms with Crippen molar-refractivity contribution >= 4 is 5.91 Å². The van der Waals surface area contributed by atoms with E-state index < -0.39 is 11.9 Å². The van der Waals surface area contributed by atoms with Gasteiger partial charge in [-0.1, -0.05) is 19.9 Å². The van der Waals surface area contributed by atoms with Crippen molar-refractivity contribution in [3.63, 3.8) is 0 Å². The number of hydrogen-bond donors (Lipinski definition) is 2. The van der Waals surface area contributed by atoms with Gasteiger partial charge in [-0.3, -0.25) is 4.79 Å². The van der Waals surface area contributed by atoms with Gasteiger partial charge in [0.2, 0.25) is 0 Å². The summed E-state index contributed by atoms with van der Waals surface area (Å²) < 4.78 is 18.5. The number of carbonyl (C=O) groups is 1. The van der Waals surface area contributed by atoms with Crippen molar-refractivity contribution in [2.45, 2.75) is 39.7 Å². The zero-order valence-corrected chi connectivity index (χ0v) is 12.9. The fourth-order valence-corrected chi connectivity index (χ4v) is 2.00. The van der Waals surface area contributed by atoms with E-state index in [1.165, 1.54) is 18.2 Å². The minimum Gasteiger partial charge on any atom is -0.481 e. The van der Waals surface area contributed by atoms with Crippen LogP contribution in [0.25, 0.3) is 0 Å². The number of amides is 1. The fourth-order valence-electron chi connectivity index (χ4n) is 2.00. The highest BCUT2D eigenvalue weighted by Gasteiger charge is 2.27. The topological polar surface area (TPSA) is 58.6 Å². The van der Waals surface area contributed by atoms with E-state index in [-0.39, 0.29) is 17.9 Å². The zero-order chi connectivity index (χ0) is 15.9. The summed E-state index contributed by atoms with van der Waals surface area (Å²) in [6, 6.07) is 5.68. The first-order valence-electron chi connectivity index (χ1n) is 7.27. The maximum atomic E-state index is 13.1. The van der Waals surface area contributed by atoms with E-state index in [1.807, 2.05) is 13.8 Å². The minimum absolute atomic E-state index is 0.0272. The highest BCUT2D eigenvalue weighted by atomic mass is 19.1. The number of nitrogens with one attached hydrogen (secondary N) is 1. The Kier molecular flexibility index (Phi) is 6.62. The molecule has 21 heavy (non-hydrogen) atoms. The van der Waals surface area contributed by atoms with Gasteiger partial charge in [0.25, 0.3) is 5.91 Å². The second kappa shape index (κ2) is 7.98. The number of aliphatic hydroxyl groups excluding tert-OH is 1. The minimum atomic E-state index is -0.725. The molecule has 1 unspecified atom stereocenters. The van der Waals surface area contributed by atoms with Crippen LogP contribution in [0.2, 0.25) is 0 Å². The third-order valence-corrected chi connectivity index (χ3v) is 3.95. The molecule has 118 valence electrons. The highest BCUT2D eigenvalue weighted by molar-refractivity contribution is 5.80. The predicted molar refractivity (Wildman–Crippen MR) is 79.6 cm³/mol. The van der Waals surface area contributed by atoms with Gasteiger partial charge < -0.3 is 15.2 Å². The van der Waals surface area contributed by atoms with Crippen LogP contribution in [0.15, 0.2) is 24.3 Å². The first kappa shape index (κ1) is 17.4. The van der Waals surface area contributed by atoms with E-state index in [1.54, 1.807) is 13.0 Å². The van der Waals surface area contributed by atoms with E-state index in [0.717, 1.165) is 12.8 Å². The zero-order valence-electron chi connectivity index (χ0n) is 12.9. The number of aliphatic hydroxyl groups is 1. The molecule has 0 saturated carbocycles. The lowest BCUT2D eigenvalue weighted by Gasteiger charge is -2.30. The van der Waals surface area contributed by atoms with Crippen LogP contribution in [-0.2, 0) is 4.79 Å². The Morgan fingerprint density at radius 3 is 2.62 bits per heavy atom. The van der Waals surface area contributed by atoms with Crippen LogP contribution in [0.1, 0.15) is 33.6 Å². The summed E-state index contributed by atoms with van der Waals surface area (Å²) >= 11 is 0. The molecule has 0 fully saturated rings. The fraction of sp³-hybridized carbons (Fsp3) is 0.562. The Bertz CT molecular complexity index is 452. The third kappa shape index (κ3) is 5.01. The number of carbonyl (C=O) groups excluding carboxylic acids is 1. The van der Waals surface area contributed by atoms with Crippen molar-refractivity contribution in [2.24, 2.45) is 5.41 Å². The SMILES string of the molecule is CCC(CC)(CO)CNC(=O)C(C)Oc1cccc(F)c1. The first-order valence-corrected chi connectivity index (χ1v) is 7.27. The number of ether oxygens (including phenoxy) is 1. The van der Waals surface area contributed by atoms with Crippen LogP contribution < -0.4 is 10.1 Å². The maximum absolute atomic E-state index is 13.1. The maximum Gasteiger partial charge on any atom is 0.260 e. The molecule has 1 aromatic rings. The molecule has 5 heteroatoms. The molecular weight excluding hydrogens is 273 g/mol. The molecule has 0 aliphatic rings. The van der Waals surface area contributed by atoms with Crippen LogP contribution >= 0.6 is 0 Å². The molecule has 1 atom stereocenters. The number of benzene rings is 1. The van der Waals surface area contributed by atoms with Gasteiger partial charge in [-0.05, 0) is 31.9 Å². The van der Waals surface area contributed by atoms with Gasteiger partial charge in [0.15, 0.2) is 6.10 Å². The molecule has 0 saturated heterocycles. The van der Waals surface area contributed by atoms with Crippen molar-refractivity contribution in [1.29, 1.82) is 0 Å². The Balaban J connectivity index is 2.55. The molecular formula is C16H24FNO3. The molecule has 0 spiro atoms. The first-order chi connectivity index (χ1) is 9.96. The van der Waals surface area contributed by atoms with Crippen molar-refractivity contribution in [3.8, 4) is 5.75 Å². The van der Waals surface area contributed by atoms with Crippen molar-refractivity contribution in [2.75, 3.05) is 13.2 Å². The lowest BCUT2D eigenvalue weighted by atomic mass is 9.83. The van der Waals surface area contributed by atoms with E-state index >= 15 is 0 Å². The summed E-state index contributed by atoms with van der Waals surface area (Å²) in [7, 11) is 0. The largest absolute Gasteiger partial charge is 0.481 e. The second-order valence-electron chi connectivity index (χ2n) is 5.30. The van der Waals surface area contributed by atoms with Crippen molar-refractivity contribution < 1.29 is 19.0 Å². The Morgan fingerprint density at radius 1 is 1.43 bits per heavy atom. The van der Waals surface area contributed by atoms with Crippen LogP contribution in [0.3, 0.4) is 0 Å². The summed E-state index contributed by atoms with van der Waals surface area (Å²) in [6.45, 7) is 6.00. The Morgan fingerprint density at radius 2 is 2.10 bits per heavy atom. The Hall–Kier alpha value is -1.62. The molecule has 2 N–H and O–H groups in total. The van der Waals surface area contributed by atoms with Gasteiger partial charge >= 0.3 is 0 Å². The number of rotatable bonds is 8. The van der Waals surface area contributed by atoms with Gasteiger partial charge in [0.1, 0.15) is 11.6 Å². The van der Waals surface area contributed by atoms with Gasteiger partial charge in [-0.25, -0.2) is 4.39 Å². The summed E-state index contributed by atoms with van der Waals surface area (Å²) in [5.74, 6) is -0.368. The van der Waals surface area contributed by atoms with E-state index in [9.17, 15) is 14.3 Å². The van der Waals surface area contributed by atoms with Gasteiger partial charge in [-0.15, -0.1) is 0 Å². The summed E-state index contributed by atoms with van der Waals surface area (Å²) in [5, 5.41) is 12.3. The van der Waals surface area contributed by atoms with Crippen LogP contribution in [-0.4, -0.2) is 30.3 Å². The summed E-state index contributed by atoms with van der Waals surface area (Å²) in [6.07, 6.45) is 0.829. The second-order valence-corrected chi connectivity index (χ2v) is 5.30. The quantitative estimate of drug-likeness (QED) is 0.775. The smallest absolute Gasteiger partial charge is 0.260 e.